The fourth-order valence-corrected chi connectivity index (χ4v) is 3.48. The van der Waals surface area contributed by atoms with Crippen LogP contribution in [0.25, 0.3) is 10.9 Å². The van der Waals surface area contributed by atoms with Gasteiger partial charge in [0.15, 0.2) is 0 Å². The molecule has 1 aliphatic rings. The molecule has 6 nitrogen and oxygen atoms in total. The number of anilines is 1. The van der Waals surface area contributed by atoms with Crippen LogP contribution in [0.15, 0.2) is 48.8 Å². The highest BCUT2D eigenvalue weighted by atomic mass is 16.5. The van der Waals surface area contributed by atoms with Gasteiger partial charge in [0, 0.05) is 55.7 Å². The summed E-state index contributed by atoms with van der Waals surface area (Å²) >= 11 is 0. The van der Waals surface area contributed by atoms with E-state index >= 15 is 0 Å². The van der Waals surface area contributed by atoms with Crippen molar-refractivity contribution in [3.63, 3.8) is 0 Å². The molecule has 1 fully saturated rings. The molecular formula is C21H22N4O2. The first-order valence-corrected chi connectivity index (χ1v) is 9.05. The summed E-state index contributed by atoms with van der Waals surface area (Å²) in [6.45, 7) is 4.90. The molecule has 6 heteroatoms. The second-order valence-electron chi connectivity index (χ2n) is 6.66. The average molecular weight is 362 g/mol. The van der Waals surface area contributed by atoms with Gasteiger partial charge in [0.2, 0.25) is 0 Å². The van der Waals surface area contributed by atoms with Crippen LogP contribution < -0.4 is 9.64 Å². The van der Waals surface area contributed by atoms with E-state index in [1.165, 1.54) is 0 Å². The summed E-state index contributed by atoms with van der Waals surface area (Å²) in [5, 5.41) is 0.945. The molecule has 0 aliphatic carbocycles. The lowest BCUT2D eigenvalue weighted by molar-refractivity contribution is 0.0746. The molecule has 1 saturated heterocycles. The molecule has 0 spiro atoms. The van der Waals surface area contributed by atoms with Gasteiger partial charge in [-0.1, -0.05) is 0 Å². The molecule has 0 unspecified atom stereocenters. The molecule has 0 N–H and O–H groups in total. The maximum atomic E-state index is 13.1. The van der Waals surface area contributed by atoms with Gasteiger partial charge in [-0.15, -0.1) is 0 Å². The maximum absolute atomic E-state index is 13.1. The number of nitrogens with zero attached hydrogens (tertiary/aromatic N) is 4. The van der Waals surface area contributed by atoms with Gasteiger partial charge < -0.3 is 14.5 Å². The number of benzene rings is 1. The van der Waals surface area contributed by atoms with Crippen molar-refractivity contribution < 1.29 is 9.53 Å². The number of aryl methyl sites for hydroxylation is 1. The molecule has 0 saturated carbocycles. The Morgan fingerprint density at radius 2 is 1.78 bits per heavy atom. The number of hydrogen-bond acceptors (Lipinski definition) is 5. The molecule has 27 heavy (non-hydrogen) atoms. The number of piperazine rings is 1. The molecule has 4 rings (SSSR count). The molecule has 3 heterocycles. The van der Waals surface area contributed by atoms with Crippen LogP contribution in [0.4, 0.5) is 5.69 Å². The SMILES string of the molecule is COc1ccc2cc(C(=O)N3CCN(c4ccncc4)CC3)c(C)nc2c1. The second kappa shape index (κ2) is 7.23. The number of carbonyl (C=O) groups is 1. The molecule has 1 aromatic carbocycles. The summed E-state index contributed by atoms with van der Waals surface area (Å²) in [5.74, 6) is 0.813. The number of carbonyl (C=O) groups excluding carboxylic acids is 1. The van der Waals surface area contributed by atoms with Crippen LogP contribution in [0.1, 0.15) is 16.1 Å². The zero-order valence-corrected chi connectivity index (χ0v) is 15.6. The van der Waals surface area contributed by atoms with Crippen LogP contribution in [0.5, 0.6) is 5.75 Å². The minimum Gasteiger partial charge on any atom is -0.497 e. The Labute approximate surface area is 158 Å². The number of aromatic nitrogens is 2. The van der Waals surface area contributed by atoms with Gasteiger partial charge in [-0.2, -0.15) is 0 Å². The third-order valence-electron chi connectivity index (χ3n) is 5.04. The third kappa shape index (κ3) is 3.43. The van der Waals surface area contributed by atoms with E-state index in [9.17, 15) is 4.79 Å². The number of rotatable bonds is 3. The van der Waals surface area contributed by atoms with E-state index in [4.69, 9.17) is 4.74 Å². The number of fused-ring (bicyclic) bond motifs is 1. The minimum atomic E-state index is 0.0482. The Hall–Kier alpha value is -3.15. The molecule has 1 aliphatic heterocycles. The van der Waals surface area contributed by atoms with Crippen LogP contribution in [0, 0.1) is 6.92 Å². The lowest BCUT2D eigenvalue weighted by Crippen LogP contribution is -2.49. The molecule has 2 aromatic heterocycles. The molecule has 138 valence electrons. The molecule has 1 amide bonds. The second-order valence-corrected chi connectivity index (χ2v) is 6.66. The van der Waals surface area contributed by atoms with Crippen molar-refractivity contribution in [2.24, 2.45) is 0 Å². The Bertz CT molecular complexity index is 967. The summed E-state index contributed by atoms with van der Waals surface area (Å²) in [6, 6.07) is 11.7. The predicted octanol–water partition coefficient (Wildman–Crippen LogP) is 2.91. The Kier molecular flexibility index (Phi) is 4.62. The monoisotopic (exact) mass is 362 g/mol. The van der Waals surface area contributed by atoms with E-state index < -0.39 is 0 Å². The standard InChI is InChI=1S/C21H22N4O2/c1-15-19(13-16-3-4-18(27-2)14-20(16)23-15)21(26)25-11-9-24(10-12-25)17-5-7-22-8-6-17/h3-8,13-14H,9-12H2,1-2H3. The number of pyridine rings is 2. The highest BCUT2D eigenvalue weighted by Gasteiger charge is 2.24. The molecule has 0 atom stereocenters. The van der Waals surface area contributed by atoms with E-state index in [1.807, 2.05) is 48.2 Å². The maximum Gasteiger partial charge on any atom is 0.255 e. The van der Waals surface area contributed by atoms with Crippen molar-refractivity contribution >= 4 is 22.5 Å². The van der Waals surface area contributed by atoms with Crippen LogP contribution in [-0.4, -0.2) is 54.1 Å². The van der Waals surface area contributed by atoms with Crippen molar-refractivity contribution in [2.45, 2.75) is 6.92 Å². The van der Waals surface area contributed by atoms with E-state index in [0.29, 0.717) is 18.7 Å². The zero-order chi connectivity index (χ0) is 18.8. The van der Waals surface area contributed by atoms with Crippen LogP contribution in [-0.2, 0) is 0 Å². The van der Waals surface area contributed by atoms with E-state index in [-0.39, 0.29) is 5.91 Å². The number of methoxy groups -OCH3 is 1. The van der Waals surface area contributed by atoms with Crippen LogP contribution >= 0.6 is 0 Å². The first-order chi connectivity index (χ1) is 13.2. The fourth-order valence-electron chi connectivity index (χ4n) is 3.48. The van der Waals surface area contributed by atoms with Gasteiger partial charge in [0.25, 0.3) is 5.91 Å². The lowest BCUT2D eigenvalue weighted by Gasteiger charge is -2.36. The van der Waals surface area contributed by atoms with Crippen molar-refractivity contribution in [3.8, 4) is 5.75 Å². The number of hydrogen-bond donors (Lipinski definition) is 0. The Morgan fingerprint density at radius 3 is 2.48 bits per heavy atom. The fraction of sp³-hybridized carbons (Fsp3) is 0.286. The van der Waals surface area contributed by atoms with Crippen molar-refractivity contribution in [2.75, 3.05) is 38.2 Å². The van der Waals surface area contributed by atoms with Crippen molar-refractivity contribution in [3.05, 3.63) is 60.0 Å². The van der Waals surface area contributed by atoms with Gasteiger partial charge in [-0.05, 0) is 37.3 Å². The molecule has 3 aromatic rings. The predicted molar refractivity (Wildman–Crippen MR) is 105 cm³/mol. The zero-order valence-electron chi connectivity index (χ0n) is 15.6. The summed E-state index contributed by atoms with van der Waals surface area (Å²) in [7, 11) is 1.64. The summed E-state index contributed by atoms with van der Waals surface area (Å²) in [5.41, 5.74) is 3.41. The first-order valence-electron chi connectivity index (χ1n) is 9.05. The van der Waals surface area contributed by atoms with Crippen LogP contribution in [0.2, 0.25) is 0 Å². The molecular weight excluding hydrogens is 340 g/mol. The Balaban J connectivity index is 1.52. The van der Waals surface area contributed by atoms with Gasteiger partial charge in [-0.3, -0.25) is 14.8 Å². The largest absolute Gasteiger partial charge is 0.497 e. The van der Waals surface area contributed by atoms with Crippen molar-refractivity contribution in [1.29, 1.82) is 0 Å². The number of amides is 1. The van der Waals surface area contributed by atoms with E-state index in [2.05, 4.69) is 14.9 Å². The van der Waals surface area contributed by atoms with Crippen LogP contribution in [0.3, 0.4) is 0 Å². The van der Waals surface area contributed by atoms with Gasteiger partial charge in [0.1, 0.15) is 5.75 Å². The number of ether oxygens (including phenoxy) is 1. The average Bonchev–Trinajstić information content (AvgIpc) is 2.73. The smallest absolute Gasteiger partial charge is 0.255 e. The highest BCUT2D eigenvalue weighted by molar-refractivity contribution is 5.99. The van der Waals surface area contributed by atoms with E-state index in [1.54, 1.807) is 19.5 Å². The minimum absolute atomic E-state index is 0.0482. The molecule has 0 bridgehead atoms. The van der Waals surface area contributed by atoms with E-state index in [0.717, 1.165) is 41.1 Å². The summed E-state index contributed by atoms with van der Waals surface area (Å²) < 4.78 is 5.26. The third-order valence-corrected chi connectivity index (χ3v) is 5.04. The first kappa shape index (κ1) is 17.3. The van der Waals surface area contributed by atoms with Gasteiger partial charge in [0.05, 0.1) is 23.9 Å². The van der Waals surface area contributed by atoms with Crippen molar-refractivity contribution in [1.82, 2.24) is 14.9 Å². The summed E-state index contributed by atoms with van der Waals surface area (Å²) in [4.78, 5) is 25.9. The highest BCUT2D eigenvalue weighted by Crippen LogP contribution is 2.23. The van der Waals surface area contributed by atoms with Gasteiger partial charge >= 0.3 is 0 Å². The summed E-state index contributed by atoms with van der Waals surface area (Å²) in [6.07, 6.45) is 3.60. The topological polar surface area (TPSA) is 58.6 Å². The normalized spacial score (nSPS) is 14.4. The quantitative estimate of drug-likeness (QED) is 0.717. The Morgan fingerprint density at radius 1 is 1.04 bits per heavy atom. The molecule has 0 radical (unpaired) electrons. The van der Waals surface area contributed by atoms with Gasteiger partial charge in [-0.25, -0.2) is 0 Å². The lowest BCUT2D eigenvalue weighted by atomic mass is 10.1.